The summed E-state index contributed by atoms with van der Waals surface area (Å²) in [5.74, 6) is 2.72. The number of amides is 1. The molecule has 2 aromatic rings. The first-order chi connectivity index (χ1) is 15.6. The Hall–Kier alpha value is -2.69. The normalized spacial score (nSPS) is 10.6. The second-order valence-electron chi connectivity index (χ2n) is 6.81. The van der Waals surface area contributed by atoms with Gasteiger partial charge in [-0.15, -0.1) is 24.0 Å². The van der Waals surface area contributed by atoms with Gasteiger partial charge in [0.1, 0.15) is 5.75 Å². The molecule has 8 nitrogen and oxygen atoms in total. The molecule has 0 saturated heterocycles. The van der Waals surface area contributed by atoms with Gasteiger partial charge in [0.05, 0.1) is 20.3 Å². The molecule has 2 rings (SSSR count). The summed E-state index contributed by atoms with van der Waals surface area (Å²) in [5.41, 5.74) is 1.71. The minimum absolute atomic E-state index is 0. The molecule has 9 heteroatoms. The van der Waals surface area contributed by atoms with Gasteiger partial charge in [-0.1, -0.05) is 12.1 Å². The first-order valence-electron chi connectivity index (χ1n) is 10.9. The molecule has 0 heterocycles. The first kappa shape index (κ1) is 28.3. The average molecular weight is 570 g/mol. The Morgan fingerprint density at radius 2 is 1.61 bits per heavy atom. The topological polar surface area (TPSA) is 93.2 Å². The van der Waals surface area contributed by atoms with Crippen LogP contribution in [0.15, 0.2) is 47.5 Å². The van der Waals surface area contributed by atoms with Crippen LogP contribution in [0.5, 0.6) is 17.2 Å². The van der Waals surface area contributed by atoms with Crippen molar-refractivity contribution in [1.82, 2.24) is 16.0 Å². The van der Waals surface area contributed by atoms with Gasteiger partial charge < -0.3 is 30.2 Å². The molecule has 0 saturated carbocycles. The molecule has 0 aromatic heterocycles. The quantitative estimate of drug-likeness (QED) is 0.157. The van der Waals surface area contributed by atoms with E-state index in [1.165, 1.54) is 0 Å². The zero-order chi connectivity index (χ0) is 23.2. The van der Waals surface area contributed by atoms with Crippen LogP contribution >= 0.6 is 24.0 Å². The fourth-order valence-electron chi connectivity index (χ4n) is 3.02. The largest absolute Gasteiger partial charge is 0.497 e. The second-order valence-corrected chi connectivity index (χ2v) is 6.81. The van der Waals surface area contributed by atoms with Gasteiger partial charge in [0.15, 0.2) is 17.5 Å². The molecule has 1 amide bonds. The summed E-state index contributed by atoms with van der Waals surface area (Å²) < 4.78 is 16.4. The Labute approximate surface area is 213 Å². The van der Waals surface area contributed by atoms with Gasteiger partial charge in [-0.3, -0.25) is 9.79 Å². The number of nitrogens with zero attached hydrogens (tertiary/aromatic N) is 1. The van der Waals surface area contributed by atoms with Crippen molar-refractivity contribution in [1.29, 1.82) is 0 Å². The lowest BCUT2D eigenvalue weighted by atomic mass is 10.1. The lowest BCUT2D eigenvalue weighted by Crippen LogP contribution is -2.42. The standard InChI is InChI=1S/C24H34N4O4.HI/c1-5-31-21-11-10-18(16-22(21)32-6-2)12-13-27-24(25-3)28-15-14-26-23(29)19-8-7-9-20(17-19)30-4;/h7-11,16-17H,5-6,12-15H2,1-4H3,(H,26,29)(H2,25,27,28);1H. The molecule has 0 spiro atoms. The molecular weight excluding hydrogens is 535 g/mol. The molecule has 0 aliphatic heterocycles. The zero-order valence-corrected chi connectivity index (χ0v) is 22.1. The van der Waals surface area contributed by atoms with Crippen LogP contribution in [0.2, 0.25) is 0 Å². The number of aliphatic imine (C=N–C) groups is 1. The van der Waals surface area contributed by atoms with E-state index >= 15 is 0 Å². The predicted octanol–water partition coefficient (Wildman–Crippen LogP) is 3.25. The van der Waals surface area contributed by atoms with E-state index in [9.17, 15) is 4.79 Å². The Kier molecular flexibility index (Phi) is 13.7. The number of methoxy groups -OCH3 is 1. The fraction of sp³-hybridized carbons (Fsp3) is 0.417. The maximum Gasteiger partial charge on any atom is 0.251 e. The Bertz CT molecular complexity index is 893. The summed E-state index contributed by atoms with van der Waals surface area (Å²) >= 11 is 0. The minimum atomic E-state index is -0.144. The highest BCUT2D eigenvalue weighted by Gasteiger charge is 2.08. The number of hydrogen-bond acceptors (Lipinski definition) is 5. The number of benzene rings is 2. The van der Waals surface area contributed by atoms with Crippen LogP contribution in [0.25, 0.3) is 0 Å². The van der Waals surface area contributed by atoms with Gasteiger partial charge in [-0.2, -0.15) is 0 Å². The average Bonchev–Trinajstić information content (AvgIpc) is 2.82. The van der Waals surface area contributed by atoms with E-state index < -0.39 is 0 Å². The van der Waals surface area contributed by atoms with Gasteiger partial charge >= 0.3 is 0 Å². The Morgan fingerprint density at radius 1 is 0.909 bits per heavy atom. The molecule has 0 aliphatic rings. The SMILES string of the molecule is CCOc1ccc(CCNC(=NC)NCCNC(=O)c2cccc(OC)c2)cc1OCC.I. The Balaban J connectivity index is 0.00000544. The summed E-state index contributed by atoms with van der Waals surface area (Å²) in [7, 11) is 3.29. The van der Waals surface area contributed by atoms with Crippen molar-refractivity contribution < 1.29 is 19.0 Å². The van der Waals surface area contributed by atoms with Gasteiger partial charge in [-0.25, -0.2) is 0 Å². The lowest BCUT2D eigenvalue weighted by Gasteiger charge is -2.14. The summed E-state index contributed by atoms with van der Waals surface area (Å²) in [5, 5.41) is 9.36. The van der Waals surface area contributed by atoms with Crippen LogP contribution in [0.4, 0.5) is 0 Å². The predicted molar refractivity (Wildman–Crippen MR) is 143 cm³/mol. The molecule has 0 bridgehead atoms. The number of guanidine groups is 1. The lowest BCUT2D eigenvalue weighted by molar-refractivity contribution is 0.0954. The molecule has 0 atom stereocenters. The molecule has 0 aliphatic carbocycles. The van der Waals surface area contributed by atoms with Crippen molar-refractivity contribution in [3.63, 3.8) is 0 Å². The van der Waals surface area contributed by atoms with E-state index in [0.717, 1.165) is 23.5 Å². The zero-order valence-electron chi connectivity index (χ0n) is 19.8. The molecule has 0 unspecified atom stereocenters. The summed E-state index contributed by atoms with van der Waals surface area (Å²) in [6.45, 7) is 6.82. The van der Waals surface area contributed by atoms with Crippen molar-refractivity contribution >= 4 is 35.8 Å². The van der Waals surface area contributed by atoms with Crippen molar-refractivity contribution in [2.45, 2.75) is 20.3 Å². The van der Waals surface area contributed by atoms with Crippen LogP contribution < -0.4 is 30.2 Å². The van der Waals surface area contributed by atoms with E-state index in [1.54, 1.807) is 38.4 Å². The van der Waals surface area contributed by atoms with Crippen molar-refractivity contribution in [2.75, 3.05) is 47.0 Å². The summed E-state index contributed by atoms with van der Waals surface area (Å²) in [6.07, 6.45) is 0.805. The molecular formula is C24H35IN4O4. The van der Waals surface area contributed by atoms with Crippen molar-refractivity contribution in [2.24, 2.45) is 4.99 Å². The maximum absolute atomic E-state index is 12.2. The number of ether oxygens (including phenoxy) is 3. The molecule has 2 aromatic carbocycles. The number of halogens is 1. The van der Waals surface area contributed by atoms with Gasteiger partial charge in [0.2, 0.25) is 0 Å². The molecule has 0 fully saturated rings. The summed E-state index contributed by atoms with van der Waals surface area (Å²) in [6, 6.07) is 13.1. The van der Waals surface area contributed by atoms with E-state index in [2.05, 4.69) is 20.9 Å². The van der Waals surface area contributed by atoms with Gasteiger partial charge in [0, 0.05) is 32.2 Å². The third-order valence-corrected chi connectivity index (χ3v) is 4.57. The molecule has 182 valence electrons. The first-order valence-corrected chi connectivity index (χ1v) is 10.9. The number of rotatable bonds is 12. The Morgan fingerprint density at radius 3 is 2.30 bits per heavy atom. The van der Waals surface area contributed by atoms with E-state index in [1.807, 2.05) is 32.0 Å². The second kappa shape index (κ2) is 16.0. The molecule has 3 N–H and O–H groups in total. The van der Waals surface area contributed by atoms with Gasteiger partial charge in [0.25, 0.3) is 5.91 Å². The van der Waals surface area contributed by atoms with Crippen LogP contribution in [0, 0.1) is 0 Å². The van der Waals surface area contributed by atoms with Crippen LogP contribution in [-0.4, -0.2) is 58.9 Å². The highest BCUT2D eigenvalue weighted by molar-refractivity contribution is 14.0. The highest BCUT2D eigenvalue weighted by atomic mass is 127. The van der Waals surface area contributed by atoms with Crippen molar-refractivity contribution in [3.05, 3.63) is 53.6 Å². The smallest absolute Gasteiger partial charge is 0.251 e. The maximum atomic E-state index is 12.2. The number of carbonyl (C=O) groups is 1. The fourth-order valence-corrected chi connectivity index (χ4v) is 3.02. The third kappa shape index (κ3) is 9.77. The van der Waals surface area contributed by atoms with E-state index in [4.69, 9.17) is 14.2 Å². The minimum Gasteiger partial charge on any atom is -0.497 e. The highest BCUT2D eigenvalue weighted by Crippen LogP contribution is 2.28. The molecule has 33 heavy (non-hydrogen) atoms. The number of hydrogen-bond donors (Lipinski definition) is 3. The van der Waals surface area contributed by atoms with Crippen LogP contribution in [0.3, 0.4) is 0 Å². The van der Waals surface area contributed by atoms with E-state index in [0.29, 0.717) is 50.1 Å². The number of carbonyl (C=O) groups excluding carboxylic acids is 1. The monoisotopic (exact) mass is 570 g/mol. The molecule has 0 radical (unpaired) electrons. The number of nitrogens with one attached hydrogen (secondary N) is 3. The van der Waals surface area contributed by atoms with Crippen LogP contribution in [-0.2, 0) is 6.42 Å². The summed E-state index contributed by atoms with van der Waals surface area (Å²) in [4.78, 5) is 16.5. The third-order valence-electron chi connectivity index (χ3n) is 4.57. The van der Waals surface area contributed by atoms with Crippen molar-refractivity contribution in [3.8, 4) is 17.2 Å². The van der Waals surface area contributed by atoms with Gasteiger partial charge in [-0.05, 0) is 56.2 Å². The van der Waals surface area contributed by atoms with E-state index in [-0.39, 0.29) is 29.9 Å². The van der Waals surface area contributed by atoms with Crippen LogP contribution in [0.1, 0.15) is 29.8 Å².